The van der Waals surface area contributed by atoms with E-state index in [9.17, 15) is 18.0 Å². The Morgan fingerprint density at radius 1 is 1.47 bits per heavy atom. The average Bonchev–Trinajstić information content (AvgIpc) is 2.61. The maximum absolute atomic E-state index is 11.9. The number of thioether (sulfide) groups is 1. The predicted octanol–water partition coefficient (Wildman–Crippen LogP) is 1.88. The third-order valence-electron chi connectivity index (χ3n) is 1.59. The number of alkyl halides is 3. The van der Waals surface area contributed by atoms with Gasteiger partial charge in [0.1, 0.15) is 0 Å². The molecule has 9 heteroatoms. The van der Waals surface area contributed by atoms with Gasteiger partial charge in [-0.1, -0.05) is 5.16 Å². The lowest BCUT2D eigenvalue weighted by atomic mass is 10.3. The lowest BCUT2D eigenvalue weighted by Gasteiger charge is -2.01. The van der Waals surface area contributed by atoms with Crippen molar-refractivity contribution in [3.63, 3.8) is 0 Å². The van der Waals surface area contributed by atoms with Crippen LogP contribution in [0.4, 0.5) is 13.2 Å². The largest absolute Gasteiger partial charge is 0.481 e. The molecule has 0 aliphatic carbocycles. The van der Waals surface area contributed by atoms with Crippen LogP contribution in [0.5, 0.6) is 0 Å². The molecule has 5 nitrogen and oxygen atoms in total. The quantitative estimate of drug-likeness (QED) is 0.850. The maximum atomic E-state index is 11.9. The van der Waals surface area contributed by atoms with Crippen LogP contribution in [0.15, 0.2) is 4.52 Å². The second-order valence-corrected chi connectivity index (χ2v) is 4.09. The number of carbonyl (C=O) groups is 1. The summed E-state index contributed by atoms with van der Waals surface area (Å²) in [6.07, 6.45) is -5.59. The molecular weight excluding hydrogens is 261 g/mol. The van der Waals surface area contributed by atoms with E-state index in [2.05, 4.69) is 14.7 Å². The number of carboxylic acid groups (broad SMARTS) is 1. The molecule has 0 aliphatic rings. The van der Waals surface area contributed by atoms with E-state index in [-0.39, 0.29) is 29.6 Å². The monoisotopic (exact) mass is 270 g/mol. The van der Waals surface area contributed by atoms with Crippen molar-refractivity contribution < 1.29 is 27.6 Å². The minimum atomic E-state index is -4.25. The highest BCUT2D eigenvalue weighted by Gasteiger charge is 2.27. The first-order valence-corrected chi connectivity index (χ1v) is 5.70. The molecule has 0 bridgehead atoms. The van der Waals surface area contributed by atoms with Crippen LogP contribution in [0.1, 0.15) is 18.1 Å². The zero-order valence-corrected chi connectivity index (χ0v) is 9.35. The van der Waals surface area contributed by atoms with Gasteiger partial charge in [0.2, 0.25) is 5.89 Å². The molecule has 1 N–H and O–H groups in total. The molecular formula is C8H9F3N2O3S. The number of hydrogen-bond acceptors (Lipinski definition) is 5. The third-order valence-corrected chi connectivity index (χ3v) is 2.50. The Labute approximate surface area is 98.4 Å². The van der Waals surface area contributed by atoms with Gasteiger partial charge in [0.25, 0.3) is 0 Å². The molecule has 0 saturated heterocycles. The van der Waals surface area contributed by atoms with Gasteiger partial charge in [0, 0.05) is 6.42 Å². The first-order valence-electron chi connectivity index (χ1n) is 4.54. The molecule has 96 valence electrons. The minimum absolute atomic E-state index is 0.0201. The molecule has 0 amide bonds. The standard InChI is InChI=1S/C8H9F3N2O3S/c9-8(10,11)2-1-5-12-6(16-13-5)3-17-4-7(14)15/h1-4H2,(H,14,15). The van der Waals surface area contributed by atoms with Gasteiger partial charge in [-0.15, -0.1) is 11.8 Å². The van der Waals surface area contributed by atoms with Crippen LogP contribution in [-0.4, -0.2) is 33.1 Å². The highest BCUT2D eigenvalue weighted by atomic mass is 32.2. The van der Waals surface area contributed by atoms with E-state index in [0.717, 1.165) is 11.8 Å². The second kappa shape index (κ2) is 5.89. The van der Waals surface area contributed by atoms with E-state index >= 15 is 0 Å². The van der Waals surface area contributed by atoms with Gasteiger partial charge >= 0.3 is 12.1 Å². The number of aryl methyl sites for hydroxylation is 1. The summed E-state index contributed by atoms with van der Waals surface area (Å²) in [7, 11) is 0. The van der Waals surface area contributed by atoms with Crippen LogP contribution < -0.4 is 0 Å². The van der Waals surface area contributed by atoms with Crippen LogP contribution >= 0.6 is 11.8 Å². The van der Waals surface area contributed by atoms with Crippen LogP contribution in [0.2, 0.25) is 0 Å². The van der Waals surface area contributed by atoms with Crippen molar-refractivity contribution in [3.05, 3.63) is 11.7 Å². The van der Waals surface area contributed by atoms with Gasteiger partial charge in [-0.2, -0.15) is 18.2 Å². The first-order chi connectivity index (χ1) is 7.87. The molecule has 0 atom stereocenters. The van der Waals surface area contributed by atoms with E-state index in [1.165, 1.54) is 0 Å². The van der Waals surface area contributed by atoms with Gasteiger partial charge in [-0.3, -0.25) is 4.79 Å². The maximum Gasteiger partial charge on any atom is 0.389 e. The summed E-state index contributed by atoms with van der Waals surface area (Å²) in [4.78, 5) is 13.9. The fraction of sp³-hybridized carbons (Fsp3) is 0.625. The Morgan fingerprint density at radius 2 is 2.18 bits per heavy atom. The fourth-order valence-electron chi connectivity index (χ4n) is 0.930. The van der Waals surface area contributed by atoms with Crippen molar-refractivity contribution in [2.24, 2.45) is 0 Å². The molecule has 1 aromatic heterocycles. The van der Waals surface area contributed by atoms with E-state index in [4.69, 9.17) is 5.11 Å². The van der Waals surface area contributed by atoms with Crippen molar-refractivity contribution in [2.75, 3.05) is 5.75 Å². The SMILES string of the molecule is O=C(O)CSCc1nc(CCC(F)(F)F)no1. The van der Waals surface area contributed by atoms with Gasteiger partial charge < -0.3 is 9.63 Å². The third kappa shape index (κ3) is 6.15. The van der Waals surface area contributed by atoms with Crippen molar-refractivity contribution in [3.8, 4) is 0 Å². The summed E-state index contributed by atoms with van der Waals surface area (Å²) >= 11 is 1.03. The summed E-state index contributed by atoms with van der Waals surface area (Å²) in [5, 5.41) is 11.7. The van der Waals surface area contributed by atoms with Gasteiger partial charge in [-0.05, 0) is 0 Å². The number of aromatic nitrogens is 2. The zero-order valence-electron chi connectivity index (χ0n) is 8.53. The van der Waals surface area contributed by atoms with Crippen LogP contribution in [0, 0.1) is 0 Å². The van der Waals surface area contributed by atoms with Crippen molar-refractivity contribution in [1.29, 1.82) is 0 Å². The van der Waals surface area contributed by atoms with E-state index in [1.807, 2.05) is 0 Å². The predicted molar refractivity (Wildman–Crippen MR) is 52.5 cm³/mol. The summed E-state index contributed by atoms with van der Waals surface area (Å²) in [6, 6.07) is 0. The lowest BCUT2D eigenvalue weighted by Crippen LogP contribution is -2.09. The van der Waals surface area contributed by atoms with Gasteiger partial charge in [0.15, 0.2) is 5.82 Å². The highest BCUT2D eigenvalue weighted by Crippen LogP contribution is 2.21. The average molecular weight is 270 g/mol. The summed E-state index contributed by atoms with van der Waals surface area (Å²) in [5.41, 5.74) is 0. The molecule has 1 rings (SSSR count). The second-order valence-electron chi connectivity index (χ2n) is 3.11. The number of nitrogens with zero attached hydrogens (tertiary/aromatic N) is 2. The van der Waals surface area contributed by atoms with E-state index < -0.39 is 18.6 Å². The Kier molecular flexibility index (Phi) is 4.79. The normalized spacial score (nSPS) is 11.7. The topological polar surface area (TPSA) is 76.2 Å². The van der Waals surface area contributed by atoms with Crippen molar-refractivity contribution >= 4 is 17.7 Å². The van der Waals surface area contributed by atoms with Gasteiger partial charge in [-0.25, -0.2) is 0 Å². The Hall–Kier alpha value is -1.25. The molecule has 17 heavy (non-hydrogen) atoms. The Balaban J connectivity index is 2.35. The number of halogens is 3. The van der Waals surface area contributed by atoms with Crippen LogP contribution in [-0.2, 0) is 17.0 Å². The summed E-state index contributed by atoms with van der Waals surface area (Å²) in [5.74, 6) is -0.820. The molecule has 0 unspecified atom stereocenters. The molecule has 0 radical (unpaired) electrons. The smallest absolute Gasteiger partial charge is 0.389 e. The van der Waals surface area contributed by atoms with Crippen molar-refractivity contribution in [1.82, 2.24) is 10.1 Å². The number of aliphatic carboxylic acids is 1. The fourth-order valence-corrected chi connectivity index (χ4v) is 1.50. The van der Waals surface area contributed by atoms with Crippen LogP contribution in [0.25, 0.3) is 0 Å². The molecule has 0 spiro atoms. The highest BCUT2D eigenvalue weighted by molar-refractivity contribution is 7.99. The molecule has 0 aliphatic heterocycles. The Bertz CT molecular complexity index is 380. The molecule has 0 saturated carbocycles. The van der Waals surface area contributed by atoms with Gasteiger partial charge in [0.05, 0.1) is 17.9 Å². The Morgan fingerprint density at radius 3 is 2.76 bits per heavy atom. The molecule has 0 aromatic carbocycles. The zero-order chi connectivity index (χ0) is 12.9. The van der Waals surface area contributed by atoms with E-state index in [1.54, 1.807) is 0 Å². The minimum Gasteiger partial charge on any atom is -0.481 e. The summed E-state index contributed by atoms with van der Waals surface area (Å²) in [6.45, 7) is 0. The molecule has 1 heterocycles. The lowest BCUT2D eigenvalue weighted by molar-refractivity contribution is -0.135. The first kappa shape index (κ1) is 13.8. The molecule has 0 fully saturated rings. The number of hydrogen-bond donors (Lipinski definition) is 1. The molecule has 1 aromatic rings. The van der Waals surface area contributed by atoms with Crippen molar-refractivity contribution in [2.45, 2.75) is 24.8 Å². The number of rotatable bonds is 6. The van der Waals surface area contributed by atoms with E-state index in [0.29, 0.717) is 0 Å². The number of carboxylic acids is 1. The van der Waals surface area contributed by atoms with Crippen LogP contribution in [0.3, 0.4) is 0 Å². The summed E-state index contributed by atoms with van der Waals surface area (Å²) < 4.78 is 40.3.